The van der Waals surface area contributed by atoms with E-state index in [2.05, 4.69) is 10.0 Å². The van der Waals surface area contributed by atoms with Crippen LogP contribution in [0, 0.1) is 0 Å². The topological polar surface area (TPSA) is 75.3 Å². The molecule has 5 nitrogen and oxygen atoms in total. The number of rotatable bonds is 4. The van der Waals surface area contributed by atoms with E-state index >= 15 is 0 Å². The first kappa shape index (κ1) is 14.9. The van der Waals surface area contributed by atoms with Gasteiger partial charge in [0.1, 0.15) is 0 Å². The summed E-state index contributed by atoms with van der Waals surface area (Å²) in [5, 5.41) is 2.18. The van der Waals surface area contributed by atoms with Crippen LogP contribution in [-0.2, 0) is 16.4 Å². The van der Waals surface area contributed by atoms with Crippen LogP contribution >= 0.6 is 0 Å². The zero-order chi connectivity index (χ0) is 14.9. The van der Waals surface area contributed by atoms with Gasteiger partial charge in [-0.2, -0.15) is 0 Å². The zero-order valence-corrected chi connectivity index (χ0v) is 11.5. The van der Waals surface area contributed by atoms with Crippen LogP contribution in [0.3, 0.4) is 0 Å². The summed E-state index contributed by atoms with van der Waals surface area (Å²) in [5.74, 6) is -0.676. The van der Waals surface area contributed by atoms with Crippen LogP contribution in [0.5, 0.6) is 0 Å². The van der Waals surface area contributed by atoms with E-state index in [-0.39, 0.29) is 23.4 Å². The molecule has 1 aromatic rings. The largest absolute Gasteiger partial charge is 0.343 e. The number of sulfonamides is 1. The Morgan fingerprint density at radius 2 is 2.15 bits per heavy atom. The quantitative estimate of drug-likeness (QED) is 0.868. The van der Waals surface area contributed by atoms with Crippen LogP contribution < -0.4 is 10.0 Å². The fraction of sp³-hybridized carbons (Fsp3) is 0.417. The number of benzene rings is 1. The van der Waals surface area contributed by atoms with Gasteiger partial charge in [-0.1, -0.05) is 13.0 Å². The van der Waals surface area contributed by atoms with Crippen molar-refractivity contribution in [3.8, 4) is 0 Å². The minimum absolute atomic E-state index is 0.0136. The molecule has 0 bridgehead atoms. The molecule has 1 amide bonds. The molecule has 1 atom stereocenters. The Hall–Kier alpha value is -1.54. The van der Waals surface area contributed by atoms with E-state index < -0.39 is 28.4 Å². The van der Waals surface area contributed by atoms with Gasteiger partial charge < -0.3 is 5.32 Å². The van der Waals surface area contributed by atoms with Gasteiger partial charge in [0.25, 0.3) is 12.3 Å². The van der Waals surface area contributed by atoms with Crippen LogP contribution in [0.25, 0.3) is 0 Å². The predicted octanol–water partition coefficient (Wildman–Crippen LogP) is 0.904. The SMILES string of the molecule is CCNS(=O)(=O)c1ccc2c(c1)C(=O)NC(C(F)F)C2. The molecule has 2 N–H and O–H groups in total. The highest BCUT2D eigenvalue weighted by Crippen LogP contribution is 2.23. The van der Waals surface area contributed by atoms with E-state index in [1.54, 1.807) is 6.92 Å². The molecule has 0 saturated carbocycles. The molecular formula is C12H14F2N2O3S. The number of fused-ring (bicyclic) bond motifs is 1. The third-order valence-corrected chi connectivity index (χ3v) is 4.57. The highest BCUT2D eigenvalue weighted by Gasteiger charge is 2.31. The number of alkyl halides is 2. The second-order valence-electron chi connectivity index (χ2n) is 4.44. The second-order valence-corrected chi connectivity index (χ2v) is 6.21. The van der Waals surface area contributed by atoms with Crippen molar-refractivity contribution in [2.24, 2.45) is 0 Å². The first-order valence-electron chi connectivity index (χ1n) is 6.06. The molecule has 1 aromatic carbocycles. The molecule has 0 aromatic heterocycles. The number of hydrogen-bond donors (Lipinski definition) is 2. The van der Waals surface area contributed by atoms with Crippen molar-refractivity contribution in [2.45, 2.75) is 30.7 Å². The molecule has 8 heteroatoms. The van der Waals surface area contributed by atoms with Gasteiger partial charge in [-0.3, -0.25) is 4.79 Å². The van der Waals surface area contributed by atoms with Crippen molar-refractivity contribution in [3.63, 3.8) is 0 Å². The maximum Gasteiger partial charge on any atom is 0.258 e. The van der Waals surface area contributed by atoms with Crippen LogP contribution in [-0.4, -0.2) is 33.3 Å². The van der Waals surface area contributed by atoms with Crippen molar-refractivity contribution >= 4 is 15.9 Å². The van der Waals surface area contributed by atoms with E-state index in [0.717, 1.165) is 0 Å². The van der Waals surface area contributed by atoms with E-state index in [1.165, 1.54) is 18.2 Å². The number of amides is 1. The molecule has 1 unspecified atom stereocenters. The molecule has 0 saturated heterocycles. The molecule has 0 spiro atoms. The highest BCUT2D eigenvalue weighted by atomic mass is 32.2. The van der Waals surface area contributed by atoms with E-state index in [0.29, 0.717) is 5.56 Å². The summed E-state index contributed by atoms with van der Waals surface area (Å²) in [4.78, 5) is 11.7. The Bertz CT molecular complexity index is 632. The van der Waals surface area contributed by atoms with Gasteiger partial charge in [0.05, 0.1) is 10.9 Å². The number of nitrogens with one attached hydrogen (secondary N) is 2. The summed E-state index contributed by atoms with van der Waals surface area (Å²) in [6.45, 7) is 1.86. The second kappa shape index (κ2) is 5.45. The Morgan fingerprint density at radius 1 is 1.45 bits per heavy atom. The molecule has 1 aliphatic rings. The molecular weight excluding hydrogens is 290 g/mol. The Kier molecular flexibility index (Phi) is 4.05. The lowest BCUT2D eigenvalue weighted by Gasteiger charge is -2.25. The zero-order valence-electron chi connectivity index (χ0n) is 10.7. The Balaban J connectivity index is 2.39. The minimum Gasteiger partial charge on any atom is -0.343 e. The average Bonchev–Trinajstić information content (AvgIpc) is 2.38. The van der Waals surface area contributed by atoms with Gasteiger partial charge in [0, 0.05) is 12.1 Å². The third-order valence-electron chi connectivity index (χ3n) is 3.03. The number of carbonyl (C=O) groups is 1. The molecule has 110 valence electrons. The summed E-state index contributed by atoms with van der Waals surface area (Å²) in [6, 6.07) is 2.71. The minimum atomic E-state index is -3.68. The summed E-state index contributed by atoms with van der Waals surface area (Å²) < 4.78 is 51.2. The Morgan fingerprint density at radius 3 is 2.75 bits per heavy atom. The summed E-state index contributed by atoms with van der Waals surface area (Å²) >= 11 is 0. The first-order chi connectivity index (χ1) is 9.35. The van der Waals surface area contributed by atoms with Gasteiger partial charge in [0.15, 0.2) is 0 Å². The number of halogens is 2. The normalized spacial score (nSPS) is 18.8. The number of hydrogen-bond acceptors (Lipinski definition) is 3. The molecule has 0 radical (unpaired) electrons. The van der Waals surface area contributed by atoms with Crippen molar-refractivity contribution < 1.29 is 22.0 Å². The molecule has 2 rings (SSSR count). The van der Waals surface area contributed by atoms with Crippen molar-refractivity contribution in [1.82, 2.24) is 10.0 Å². The van der Waals surface area contributed by atoms with Crippen molar-refractivity contribution in [3.05, 3.63) is 29.3 Å². The van der Waals surface area contributed by atoms with E-state index in [4.69, 9.17) is 0 Å². The van der Waals surface area contributed by atoms with Gasteiger partial charge in [-0.25, -0.2) is 21.9 Å². The number of carbonyl (C=O) groups excluding carboxylic acids is 1. The average molecular weight is 304 g/mol. The molecule has 1 heterocycles. The fourth-order valence-electron chi connectivity index (χ4n) is 2.07. The summed E-state index contributed by atoms with van der Waals surface area (Å²) in [7, 11) is -3.68. The summed E-state index contributed by atoms with van der Waals surface area (Å²) in [6.07, 6.45) is -2.67. The Labute approximate surface area is 115 Å². The third kappa shape index (κ3) is 2.80. The molecule has 20 heavy (non-hydrogen) atoms. The lowest BCUT2D eigenvalue weighted by molar-refractivity contribution is 0.0715. The first-order valence-corrected chi connectivity index (χ1v) is 7.55. The molecule has 0 aliphatic carbocycles. The lowest BCUT2D eigenvalue weighted by Crippen LogP contribution is -2.45. The smallest absolute Gasteiger partial charge is 0.258 e. The van der Waals surface area contributed by atoms with Crippen molar-refractivity contribution in [1.29, 1.82) is 0 Å². The van der Waals surface area contributed by atoms with E-state index in [9.17, 15) is 22.0 Å². The van der Waals surface area contributed by atoms with Crippen LogP contribution in [0.1, 0.15) is 22.8 Å². The lowest BCUT2D eigenvalue weighted by atomic mass is 9.95. The maximum absolute atomic E-state index is 12.6. The highest BCUT2D eigenvalue weighted by molar-refractivity contribution is 7.89. The van der Waals surface area contributed by atoms with Crippen LogP contribution in [0.4, 0.5) is 8.78 Å². The fourth-order valence-corrected chi connectivity index (χ4v) is 3.14. The molecule has 1 aliphatic heterocycles. The predicted molar refractivity (Wildman–Crippen MR) is 68.3 cm³/mol. The van der Waals surface area contributed by atoms with Crippen molar-refractivity contribution in [2.75, 3.05) is 6.54 Å². The maximum atomic E-state index is 12.6. The van der Waals surface area contributed by atoms with Gasteiger partial charge in [-0.15, -0.1) is 0 Å². The van der Waals surface area contributed by atoms with Crippen LogP contribution in [0.15, 0.2) is 23.1 Å². The standard InChI is InChI=1S/C12H14F2N2O3S/c1-2-15-20(18,19)8-4-3-7-5-10(11(13)14)16-12(17)9(7)6-8/h3-4,6,10-11,15H,2,5H2,1H3,(H,16,17). The van der Waals surface area contributed by atoms with E-state index in [1.807, 2.05) is 0 Å². The van der Waals surface area contributed by atoms with Gasteiger partial charge >= 0.3 is 0 Å². The molecule has 0 fully saturated rings. The van der Waals surface area contributed by atoms with Gasteiger partial charge in [-0.05, 0) is 24.1 Å². The monoisotopic (exact) mass is 304 g/mol. The summed E-state index contributed by atoms with van der Waals surface area (Å²) in [5.41, 5.74) is 0.551. The van der Waals surface area contributed by atoms with Crippen LogP contribution in [0.2, 0.25) is 0 Å². The van der Waals surface area contributed by atoms with Gasteiger partial charge in [0.2, 0.25) is 10.0 Å².